The zero-order chi connectivity index (χ0) is 37.4. The van der Waals surface area contributed by atoms with Crippen molar-refractivity contribution in [1.29, 1.82) is 0 Å². The van der Waals surface area contributed by atoms with Crippen LogP contribution < -0.4 is 27.0 Å². The number of ketones is 1. The van der Waals surface area contributed by atoms with Gasteiger partial charge in [-0.2, -0.15) is 0 Å². The van der Waals surface area contributed by atoms with Crippen LogP contribution in [-0.4, -0.2) is 102 Å². The van der Waals surface area contributed by atoms with E-state index in [0.717, 1.165) is 58.2 Å². The summed E-state index contributed by atoms with van der Waals surface area (Å²) in [6, 6.07) is -3.31. The van der Waals surface area contributed by atoms with Crippen molar-refractivity contribution in [3.8, 4) is 0 Å². The first-order valence-electron chi connectivity index (χ1n) is 19.6. The Bertz CT molecular complexity index is 1420. The molecule has 6 N–H and O–H groups in total. The van der Waals surface area contributed by atoms with Crippen LogP contribution in [0, 0.1) is 33.0 Å². The first-order valence-corrected chi connectivity index (χ1v) is 19.6. The molecule has 1 unspecified atom stereocenters. The van der Waals surface area contributed by atoms with Crippen molar-refractivity contribution in [3.05, 3.63) is 0 Å². The van der Waals surface area contributed by atoms with Crippen LogP contribution >= 0.6 is 0 Å². The van der Waals surface area contributed by atoms with E-state index in [4.69, 9.17) is 5.73 Å². The molecule has 12 heteroatoms. The van der Waals surface area contributed by atoms with Gasteiger partial charge < -0.3 is 31.9 Å². The van der Waals surface area contributed by atoms with Crippen LogP contribution in [0.5, 0.6) is 0 Å². The van der Waals surface area contributed by atoms with Crippen molar-refractivity contribution in [3.63, 3.8) is 0 Å². The van der Waals surface area contributed by atoms with Gasteiger partial charge in [0, 0.05) is 49.7 Å². The summed E-state index contributed by atoms with van der Waals surface area (Å²) in [6.07, 6.45) is 9.42. The molecule has 0 aromatic rings. The molecular formula is C39H65N7O5. The molecule has 2 saturated heterocycles. The number of carbonyl (C=O) groups is 5. The number of nitrogens with one attached hydrogen (secondary N) is 4. The van der Waals surface area contributed by atoms with Crippen LogP contribution in [0.3, 0.4) is 0 Å². The van der Waals surface area contributed by atoms with Gasteiger partial charge in [-0.1, -0.05) is 81.1 Å². The Kier molecular flexibility index (Phi) is 9.68. The Balaban J connectivity index is 1.22. The van der Waals surface area contributed by atoms with Gasteiger partial charge in [-0.25, -0.2) is 4.79 Å². The normalized spacial score (nSPS) is 29.4. The molecule has 5 atom stereocenters. The number of piperazine rings is 1. The van der Waals surface area contributed by atoms with Crippen molar-refractivity contribution < 1.29 is 24.0 Å². The third kappa shape index (κ3) is 6.81. The summed E-state index contributed by atoms with van der Waals surface area (Å²) in [5.41, 5.74) is 4.53. The van der Waals surface area contributed by atoms with Gasteiger partial charge in [0.1, 0.15) is 12.1 Å². The number of hydrogen-bond donors (Lipinski definition) is 5. The molecule has 4 saturated carbocycles. The number of rotatable bonds is 11. The van der Waals surface area contributed by atoms with Crippen LogP contribution in [0.1, 0.15) is 120 Å². The monoisotopic (exact) mass is 712 g/mol. The molecule has 286 valence electrons. The molecule has 0 bridgehead atoms. The van der Waals surface area contributed by atoms with Crippen LogP contribution in [0.15, 0.2) is 0 Å². The van der Waals surface area contributed by atoms with Gasteiger partial charge in [0.2, 0.25) is 17.6 Å². The lowest BCUT2D eigenvalue weighted by Crippen LogP contribution is -2.62. The zero-order valence-electron chi connectivity index (χ0n) is 32.5. The Morgan fingerprint density at radius 3 is 2.02 bits per heavy atom. The van der Waals surface area contributed by atoms with E-state index < -0.39 is 47.2 Å². The number of nitrogens with two attached hydrogens (primary N) is 1. The van der Waals surface area contributed by atoms with E-state index in [2.05, 4.69) is 60.8 Å². The smallest absolute Gasteiger partial charge is 0.315 e. The predicted molar refractivity (Wildman–Crippen MR) is 195 cm³/mol. The van der Waals surface area contributed by atoms with Crippen molar-refractivity contribution >= 4 is 29.5 Å². The lowest BCUT2D eigenvalue weighted by atomic mass is 9.73. The Morgan fingerprint density at radius 1 is 0.863 bits per heavy atom. The topological polar surface area (TPSA) is 166 Å². The number of likely N-dealkylation sites (tertiary alicyclic amines) is 1. The number of carbonyl (C=O) groups excluding carboxylic acids is 5. The Morgan fingerprint density at radius 2 is 1.53 bits per heavy atom. The zero-order valence-corrected chi connectivity index (χ0v) is 32.5. The highest BCUT2D eigenvalue weighted by Gasteiger charge is 2.85. The number of nitrogens with zero attached hydrogens (tertiary/aromatic N) is 2. The molecule has 4 aliphatic carbocycles. The molecule has 2 heterocycles. The minimum absolute atomic E-state index is 0.0624. The SMILES string of the molecule is CC(C)(C)[C@H](NC(=O)N[C@H](CN1CCNC2(CC2)C1)C(C)(C)C)C(=O)N1C[C@]2(C[C@H]1C(=O)NC(CC1CCC1)C(=O)C(N)=O)C(C)(C)C21CCC1. The average Bonchev–Trinajstić information content (AvgIpc) is 3.73. The van der Waals surface area contributed by atoms with Crippen molar-refractivity contribution in [2.24, 2.45) is 38.7 Å². The molecule has 0 aromatic heterocycles. The maximum Gasteiger partial charge on any atom is 0.315 e. The maximum absolute atomic E-state index is 14.9. The van der Waals surface area contributed by atoms with Crippen molar-refractivity contribution in [1.82, 2.24) is 31.1 Å². The summed E-state index contributed by atoms with van der Waals surface area (Å²) in [6.45, 7) is 20.7. The van der Waals surface area contributed by atoms with Gasteiger partial charge in [-0.3, -0.25) is 24.1 Å². The molecule has 5 amide bonds. The number of urea groups is 1. The predicted octanol–water partition coefficient (Wildman–Crippen LogP) is 3.08. The highest BCUT2D eigenvalue weighted by atomic mass is 16.2. The highest BCUT2D eigenvalue weighted by molar-refractivity contribution is 6.37. The fourth-order valence-electron chi connectivity index (χ4n) is 10.4. The summed E-state index contributed by atoms with van der Waals surface area (Å²) in [4.78, 5) is 72.2. The number of Topliss-reactive ketones (excluding diaryl/α,β-unsaturated/α-hetero) is 1. The molecular weight excluding hydrogens is 646 g/mol. The van der Waals surface area contributed by atoms with Gasteiger partial charge in [-0.05, 0) is 66.1 Å². The van der Waals surface area contributed by atoms with Gasteiger partial charge in [0.25, 0.3) is 5.91 Å². The summed E-state index contributed by atoms with van der Waals surface area (Å²) in [7, 11) is 0. The van der Waals surface area contributed by atoms with E-state index in [-0.39, 0.29) is 45.1 Å². The van der Waals surface area contributed by atoms with Crippen molar-refractivity contribution in [2.45, 2.75) is 149 Å². The quantitative estimate of drug-likeness (QED) is 0.206. The highest BCUT2D eigenvalue weighted by Crippen LogP contribution is 2.88. The second-order valence-corrected chi connectivity index (χ2v) is 19.9. The molecule has 6 rings (SSSR count). The molecule has 6 fully saturated rings. The largest absolute Gasteiger partial charge is 0.363 e. The number of primary amides is 1. The molecule has 3 spiro atoms. The molecule has 2 aliphatic heterocycles. The standard InChI is InChI=1S/C39H65N7O5/c1-34(2,3)27(21-45-18-17-41-37(22-45)15-16-37)43-33(51)44-29(35(4,5)6)32(50)46-23-39(36(7,8)38(39)13-10-14-38)20-26(46)31(49)42-25(28(47)30(40)48)19-24-11-9-12-24/h24-27,29,41H,9-23H2,1-8H3,(H2,40,48)(H,42,49)(H2,43,44,51)/t25?,26-,27+,29+,39+/m0/s1. The van der Waals surface area contributed by atoms with Crippen molar-refractivity contribution in [2.75, 3.05) is 32.7 Å². The van der Waals surface area contributed by atoms with Gasteiger partial charge >= 0.3 is 6.03 Å². The molecule has 0 radical (unpaired) electrons. The number of hydrogen-bond acceptors (Lipinski definition) is 7. The lowest BCUT2D eigenvalue weighted by Gasteiger charge is -2.41. The van der Waals surface area contributed by atoms with Crippen LogP contribution in [-0.2, 0) is 19.2 Å². The third-order valence-corrected chi connectivity index (χ3v) is 14.6. The number of fused-ring (bicyclic) bond motifs is 1. The Labute approximate surface area is 304 Å². The van der Waals surface area contributed by atoms with Gasteiger partial charge in [0.05, 0.1) is 6.04 Å². The molecule has 12 nitrogen and oxygen atoms in total. The molecule has 0 aromatic carbocycles. The lowest BCUT2D eigenvalue weighted by molar-refractivity contribution is -0.143. The fraction of sp³-hybridized carbons (Fsp3) is 0.872. The van der Waals surface area contributed by atoms with Crippen LogP contribution in [0.2, 0.25) is 0 Å². The summed E-state index contributed by atoms with van der Waals surface area (Å²) >= 11 is 0. The average molecular weight is 712 g/mol. The third-order valence-electron chi connectivity index (χ3n) is 14.6. The van der Waals surface area contributed by atoms with Gasteiger partial charge in [-0.15, -0.1) is 0 Å². The molecule has 6 aliphatic rings. The second kappa shape index (κ2) is 13.0. The maximum atomic E-state index is 14.9. The van der Waals surface area contributed by atoms with E-state index in [9.17, 15) is 24.0 Å². The van der Waals surface area contributed by atoms with E-state index in [1.54, 1.807) is 4.90 Å². The van der Waals surface area contributed by atoms with Crippen LogP contribution in [0.4, 0.5) is 4.79 Å². The Hall–Kier alpha value is -2.73. The second-order valence-electron chi connectivity index (χ2n) is 19.9. The van der Waals surface area contributed by atoms with E-state index in [1.807, 2.05) is 20.8 Å². The number of amides is 5. The van der Waals surface area contributed by atoms with Gasteiger partial charge in [0.15, 0.2) is 0 Å². The first-order chi connectivity index (χ1) is 23.7. The minimum atomic E-state index is -1.06. The summed E-state index contributed by atoms with van der Waals surface area (Å²) < 4.78 is 0. The fourth-order valence-corrected chi connectivity index (χ4v) is 10.4. The van der Waals surface area contributed by atoms with E-state index in [1.165, 1.54) is 12.8 Å². The minimum Gasteiger partial charge on any atom is -0.363 e. The molecule has 51 heavy (non-hydrogen) atoms. The van der Waals surface area contributed by atoms with Crippen LogP contribution in [0.25, 0.3) is 0 Å². The summed E-state index contributed by atoms with van der Waals surface area (Å²) in [5, 5.41) is 12.9. The summed E-state index contributed by atoms with van der Waals surface area (Å²) in [5.74, 6) is -2.33. The van der Waals surface area contributed by atoms with E-state index in [0.29, 0.717) is 25.9 Å². The first kappa shape index (κ1) is 38.0. The van der Waals surface area contributed by atoms with E-state index >= 15 is 0 Å².